The molecule has 1 aromatic carbocycles. The Balaban J connectivity index is 1.86. The number of fused-ring (bicyclic) bond motifs is 1. The van der Waals surface area contributed by atoms with Gasteiger partial charge >= 0.3 is 6.18 Å². The van der Waals surface area contributed by atoms with Crippen LogP contribution < -0.4 is 5.56 Å². The number of alkyl halides is 3. The molecule has 0 amide bonds. The van der Waals surface area contributed by atoms with E-state index in [-0.39, 0.29) is 23.3 Å². The van der Waals surface area contributed by atoms with Gasteiger partial charge in [-0.2, -0.15) is 18.3 Å². The third-order valence-corrected chi connectivity index (χ3v) is 5.02. The Hall–Kier alpha value is -3.36. The highest BCUT2D eigenvalue weighted by atomic mass is 19.4. The topological polar surface area (TPSA) is 65.8 Å². The van der Waals surface area contributed by atoms with Crippen molar-refractivity contribution in [2.24, 2.45) is 7.05 Å². The minimum absolute atomic E-state index is 0.0341. The Labute approximate surface area is 169 Å². The quantitative estimate of drug-likeness (QED) is 0.497. The summed E-state index contributed by atoms with van der Waals surface area (Å²) < 4.78 is 48.9. The predicted molar refractivity (Wildman–Crippen MR) is 105 cm³/mol. The molecule has 0 aliphatic rings. The number of pyridine rings is 1. The van der Waals surface area contributed by atoms with Crippen LogP contribution in [0.15, 0.2) is 39.5 Å². The van der Waals surface area contributed by atoms with Gasteiger partial charge in [0.05, 0.1) is 23.2 Å². The smallest absolute Gasteiger partial charge is 0.417 e. The zero-order chi connectivity index (χ0) is 21.8. The number of nitrogens with zero attached hydrogens (tertiary/aromatic N) is 4. The van der Waals surface area contributed by atoms with Crippen LogP contribution >= 0.6 is 0 Å². The van der Waals surface area contributed by atoms with E-state index in [9.17, 15) is 18.0 Å². The van der Waals surface area contributed by atoms with Crippen molar-refractivity contribution in [3.05, 3.63) is 69.0 Å². The first-order valence-electron chi connectivity index (χ1n) is 9.24. The maximum absolute atomic E-state index is 13.5. The van der Waals surface area contributed by atoms with Gasteiger partial charge in [-0.05, 0) is 32.9 Å². The molecule has 0 atom stereocenters. The van der Waals surface area contributed by atoms with E-state index in [0.717, 1.165) is 11.1 Å². The lowest BCUT2D eigenvalue weighted by Gasteiger charge is -2.13. The molecule has 0 bridgehead atoms. The number of benzene rings is 1. The average molecular weight is 416 g/mol. The van der Waals surface area contributed by atoms with Gasteiger partial charge in [0.25, 0.3) is 5.56 Å². The fourth-order valence-electron chi connectivity index (χ4n) is 3.65. The number of aromatic nitrogens is 4. The molecule has 4 aromatic rings. The van der Waals surface area contributed by atoms with Gasteiger partial charge in [-0.3, -0.25) is 14.0 Å². The second kappa shape index (κ2) is 6.86. The summed E-state index contributed by atoms with van der Waals surface area (Å²) in [6.07, 6.45) is -4.66. The number of hydrogen-bond donors (Lipinski definition) is 0. The molecule has 6 nitrogen and oxygen atoms in total. The summed E-state index contributed by atoms with van der Waals surface area (Å²) >= 11 is 0. The lowest BCUT2D eigenvalue weighted by molar-refractivity contribution is -0.136. The molecule has 0 radical (unpaired) electrons. The number of oxazole rings is 1. The third-order valence-electron chi connectivity index (χ3n) is 5.02. The highest BCUT2D eigenvalue weighted by Crippen LogP contribution is 2.35. The minimum atomic E-state index is -4.66. The molecule has 3 heterocycles. The Morgan fingerprint density at radius 1 is 1.13 bits per heavy atom. The lowest BCUT2D eigenvalue weighted by Crippen LogP contribution is -2.25. The maximum atomic E-state index is 13.5. The third kappa shape index (κ3) is 3.30. The van der Waals surface area contributed by atoms with Crippen LogP contribution in [0, 0.1) is 20.8 Å². The van der Waals surface area contributed by atoms with Crippen molar-refractivity contribution in [1.82, 2.24) is 19.3 Å². The van der Waals surface area contributed by atoms with Crippen LogP contribution in [0.3, 0.4) is 0 Å². The van der Waals surface area contributed by atoms with E-state index in [0.29, 0.717) is 23.4 Å². The summed E-state index contributed by atoms with van der Waals surface area (Å²) in [6, 6.07) is 8.22. The van der Waals surface area contributed by atoms with Gasteiger partial charge in [-0.1, -0.05) is 17.7 Å². The number of rotatable bonds is 3. The van der Waals surface area contributed by atoms with Crippen molar-refractivity contribution in [1.29, 1.82) is 0 Å². The first-order valence-corrected chi connectivity index (χ1v) is 9.24. The zero-order valence-electron chi connectivity index (χ0n) is 16.8. The van der Waals surface area contributed by atoms with Gasteiger partial charge in [-0.25, -0.2) is 4.98 Å². The summed E-state index contributed by atoms with van der Waals surface area (Å²) in [5, 5.41) is 4.01. The molecule has 0 aliphatic carbocycles. The van der Waals surface area contributed by atoms with Gasteiger partial charge < -0.3 is 4.42 Å². The molecule has 0 spiro atoms. The van der Waals surface area contributed by atoms with E-state index in [4.69, 9.17) is 4.42 Å². The molecule has 0 saturated heterocycles. The summed E-state index contributed by atoms with van der Waals surface area (Å²) in [5.41, 5.74) is 0.812. The van der Waals surface area contributed by atoms with Gasteiger partial charge in [0.1, 0.15) is 17.1 Å². The molecule has 0 unspecified atom stereocenters. The van der Waals surface area contributed by atoms with Crippen LogP contribution in [0.1, 0.15) is 28.3 Å². The molecule has 3 aromatic heterocycles. The van der Waals surface area contributed by atoms with Crippen LogP contribution in [-0.2, 0) is 19.8 Å². The first kappa shape index (κ1) is 19.9. The number of halogens is 3. The number of aryl methyl sites for hydroxylation is 4. The molecule has 9 heteroatoms. The fourth-order valence-corrected chi connectivity index (χ4v) is 3.65. The van der Waals surface area contributed by atoms with Crippen molar-refractivity contribution in [3.8, 4) is 11.5 Å². The first-order chi connectivity index (χ1) is 14.1. The van der Waals surface area contributed by atoms with Gasteiger partial charge in [0, 0.05) is 18.7 Å². The van der Waals surface area contributed by atoms with Gasteiger partial charge in [0.2, 0.25) is 5.89 Å². The zero-order valence-corrected chi connectivity index (χ0v) is 16.8. The normalized spacial score (nSPS) is 12.1. The molecule has 0 saturated carbocycles. The Morgan fingerprint density at radius 2 is 1.87 bits per heavy atom. The molecule has 0 fully saturated rings. The second-order valence-electron chi connectivity index (χ2n) is 7.28. The molecular weight excluding hydrogens is 397 g/mol. The van der Waals surface area contributed by atoms with E-state index in [1.54, 1.807) is 6.92 Å². The highest BCUT2D eigenvalue weighted by molar-refractivity contribution is 5.83. The van der Waals surface area contributed by atoms with Crippen LogP contribution in [-0.4, -0.2) is 19.3 Å². The van der Waals surface area contributed by atoms with Crippen molar-refractivity contribution >= 4 is 11.0 Å². The van der Waals surface area contributed by atoms with E-state index in [1.807, 2.05) is 31.2 Å². The van der Waals surface area contributed by atoms with Gasteiger partial charge in [0.15, 0.2) is 0 Å². The van der Waals surface area contributed by atoms with E-state index in [1.165, 1.54) is 23.2 Å². The molecule has 4 rings (SSSR count). The standard InChI is InChI=1S/C21H19F3N4O2/c1-11-6-5-7-14(8-11)19-25-16(13(3)30-19)10-28-17(29)9-15(21(22,23)24)18-12(2)26-27(4)20(18)28/h5-9H,10H2,1-4H3. The minimum Gasteiger partial charge on any atom is -0.441 e. The largest absolute Gasteiger partial charge is 0.441 e. The maximum Gasteiger partial charge on any atom is 0.417 e. The van der Waals surface area contributed by atoms with Crippen LogP contribution in [0.25, 0.3) is 22.5 Å². The summed E-state index contributed by atoms with van der Waals surface area (Å²) in [5.74, 6) is 0.883. The van der Waals surface area contributed by atoms with Crippen molar-refractivity contribution in [2.45, 2.75) is 33.5 Å². The fraction of sp³-hybridized carbons (Fsp3) is 0.286. The Bertz CT molecular complexity index is 1330. The van der Waals surface area contributed by atoms with E-state index >= 15 is 0 Å². The Kier molecular flexibility index (Phi) is 4.56. The predicted octanol–water partition coefficient (Wildman–Crippen LogP) is 4.38. The second-order valence-corrected chi connectivity index (χ2v) is 7.28. The number of hydrogen-bond acceptors (Lipinski definition) is 4. The SMILES string of the molecule is Cc1cccc(-c2nc(Cn3c(=O)cc(C(F)(F)F)c4c(C)nn(C)c43)c(C)o2)c1. The molecule has 30 heavy (non-hydrogen) atoms. The summed E-state index contributed by atoms with van der Waals surface area (Å²) in [6.45, 7) is 5.11. The monoisotopic (exact) mass is 416 g/mol. The summed E-state index contributed by atoms with van der Waals surface area (Å²) in [7, 11) is 1.51. The van der Waals surface area contributed by atoms with Crippen molar-refractivity contribution in [2.75, 3.05) is 0 Å². The van der Waals surface area contributed by atoms with Crippen molar-refractivity contribution < 1.29 is 17.6 Å². The van der Waals surface area contributed by atoms with E-state index in [2.05, 4.69) is 10.1 Å². The van der Waals surface area contributed by atoms with E-state index < -0.39 is 17.3 Å². The molecule has 0 aliphatic heterocycles. The molecule has 156 valence electrons. The summed E-state index contributed by atoms with van der Waals surface area (Å²) in [4.78, 5) is 17.2. The van der Waals surface area contributed by atoms with Gasteiger partial charge in [-0.15, -0.1) is 0 Å². The average Bonchev–Trinajstić information content (AvgIpc) is 3.16. The van der Waals surface area contributed by atoms with Crippen LogP contribution in [0.5, 0.6) is 0 Å². The molecule has 0 N–H and O–H groups in total. The van der Waals surface area contributed by atoms with Crippen LogP contribution in [0.4, 0.5) is 13.2 Å². The van der Waals surface area contributed by atoms with Crippen molar-refractivity contribution in [3.63, 3.8) is 0 Å². The van der Waals surface area contributed by atoms with Crippen LogP contribution in [0.2, 0.25) is 0 Å². The lowest BCUT2D eigenvalue weighted by atomic mass is 10.1. The Morgan fingerprint density at radius 3 is 2.53 bits per heavy atom. The highest BCUT2D eigenvalue weighted by Gasteiger charge is 2.36. The molecular formula is C21H19F3N4O2.